The number of methoxy groups -OCH3 is 1. The van der Waals surface area contributed by atoms with Crippen molar-refractivity contribution in [1.82, 2.24) is 25.5 Å². The lowest BCUT2D eigenvalue weighted by atomic mass is 10.1. The third-order valence-corrected chi connectivity index (χ3v) is 3.25. The average Bonchev–Trinajstić information content (AvgIpc) is 2.71. The highest BCUT2D eigenvalue weighted by Crippen LogP contribution is 2.14. The number of hydrogen-bond acceptors (Lipinski definition) is 6. The summed E-state index contributed by atoms with van der Waals surface area (Å²) in [6.07, 6.45) is 1.01. The lowest BCUT2D eigenvalue weighted by molar-refractivity contribution is 0.200. The summed E-state index contributed by atoms with van der Waals surface area (Å²) in [7, 11) is 1.72. The molecule has 0 radical (unpaired) electrons. The zero-order valence-electron chi connectivity index (χ0n) is 11.6. The highest BCUT2D eigenvalue weighted by atomic mass is 32.2. The molecule has 1 rings (SSSR count). The maximum atomic E-state index is 5.01. The molecule has 0 unspecified atom stereocenters. The molecule has 1 aromatic heterocycles. The van der Waals surface area contributed by atoms with E-state index in [2.05, 4.69) is 41.6 Å². The van der Waals surface area contributed by atoms with E-state index < -0.39 is 0 Å². The number of tetrazole rings is 1. The smallest absolute Gasteiger partial charge is 0.209 e. The number of rotatable bonds is 8. The molecule has 6 nitrogen and oxygen atoms in total. The standard InChI is InChI=1S/C11H23N5OS/c1-11(2,3)12-6-7-16-10(13-14-15-16)18-9-5-8-17-4/h12H,5-9H2,1-4H3. The highest BCUT2D eigenvalue weighted by Gasteiger charge is 2.10. The molecule has 0 spiro atoms. The summed E-state index contributed by atoms with van der Waals surface area (Å²) in [6, 6.07) is 0. The maximum Gasteiger partial charge on any atom is 0.209 e. The summed E-state index contributed by atoms with van der Waals surface area (Å²) >= 11 is 1.67. The first kappa shape index (κ1) is 15.4. The van der Waals surface area contributed by atoms with Gasteiger partial charge in [-0.1, -0.05) is 11.8 Å². The Balaban J connectivity index is 2.31. The first-order valence-electron chi connectivity index (χ1n) is 6.16. The van der Waals surface area contributed by atoms with Crippen molar-refractivity contribution in [3.8, 4) is 0 Å². The predicted octanol–water partition coefficient (Wildman–Crippen LogP) is 1.19. The topological polar surface area (TPSA) is 64.9 Å². The molecule has 0 aliphatic heterocycles. The maximum absolute atomic E-state index is 5.01. The Morgan fingerprint density at radius 3 is 2.83 bits per heavy atom. The van der Waals surface area contributed by atoms with E-state index in [-0.39, 0.29) is 5.54 Å². The zero-order chi connectivity index (χ0) is 13.4. The Labute approximate surface area is 113 Å². The van der Waals surface area contributed by atoms with Crippen LogP contribution in [0.2, 0.25) is 0 Å². The fourth-order valence-corrected chi connectivity index (χ4v) is 2.16. The zero-order valence-corrected chi connectivity index (χ0v) is 12.5. The van der Waals surface area contributed by atoms with Crippen LogP contribution in [-0.4, -0.2) is 51.8 Å². The molecule has 0 aliphatic carbocycles. The van der Waals surface area contributed by atoms with Gasteiger partial charge in [-0.15, -0.1) is 5.10 Å². The minimum absolute atomic E-state index is 0.125. The molecule has 104 valence electrons. The molecule has 0 fully saturated rings. The molecule has 0 atom stereocenters. The van der Waals surface area contributed by atoms with E-state index in [4.69, 9.17) is 4.74 Å². The van der Waals surface area contributed by atoms with Gasteiger partial charge < -0.3 is 10.1 Å². The van der Waals surface area contributed by atoms with Gasteiger partial charge in [0.25, 0.3) is 0 Å². The summed E-state index contributed by atoms with van der Waals surface area (Å²) in [5, 5.41) is 16.0. The highest BCUT2D eigenvalue weighted by molar-refractivity contribution is 7.99. The van der Waals surface area contributed by atoms with E-state index in [1.54, 1.807) is 18.9 Å². The average molecular weight is 273 g/mol. The van der Waals surface area contributed by atoms with Crippen LogP contribution in [0.5, 0.6) is 0 Å². The van der Waals surface area contributed by atoms with Crippen molar-refractivity contribution in [1.29, 1.82) is 0 Å². The van der Waals surface area contributed by atoms with Crippen molar-refractivity contribution in [2.45, 2.75) is 44.4 Å². The molecule has 18 heavy (non-hydrogen) atoms. The SMILES string of the molecule is COCCCSc1nnnn1CCNC(C)(C)C. The summed E-state index contributed by atoms with van der Waals surface area (Å²) in [6.45, 7) is 8.87. The van der Waals surface area contributed by atoms with Crippen molar-refractivity contribution in [2.75, 3.05) is 26.0 Å². The molecule has 0 saturated heterocycles. The van der Waals surface area contributed by atoms with Gasteiger partial charge in [0.1, 0.15) is 0 Å². The Hall–Kier alpha value is -0.660. The van der Waals surface area contributed by atoms with E-state index >= 15 is 0 Å². The molecule has 1 N–H and O–H groups in total. The van der Waals surface area contributed by atoms with Crippen LogP contribution in [0.15, 0.2) is 5.16 Å². The lowest BCUT2D eigenvalue weighted by Gasteiger charge is -2.20. The Morgan fingerprint density at radius 1 is 1.39 bits per heavy atom. The minimum Gasteiger partial charge on any atom is -0.385 e. The number of aromatic nitrogens is 4. The molecule has 1 aromatic rings. The van der Waals surface area contributed by atoms with Gasteiger partial charge in [-0.25, -0.2) is 4.68 Å². The molecule has 0 amide bonds. The summed E-state index contributed by atoms with van der Waals surface area (Å²) in [4.78, 5) is 0. The van der Waals surface area contributed by atoms with E-state index in [1.165, 1.54) is 0 Å². The molecule has 1 heterocycles. The third-order valence-electron chi connectivity index (χ3n) is 2.20. The van der Waals surface area contributed by atoms with Crippen LogP contribution < -0.4 is 5.32 Å². The fraction of sp³-hybridized carbons (Fsp3) is 0.909. The summed E-state index contributed by atoms with van der Waals surface area (Å²) in [5.41, 5.74) is 0.125. The lowest BCUT2D eigenvalue weighted by Crippen LogP contribution is -2.38. The van der Waals surface area contributed by atoms with Crippen LogP contribution in [0.25, 0.3) is 0 Å². The largest absolute Gasteiger partial charge is 0.385 e. The van der Waals surface area contributed by atoms with E-state index in [9.17, 15) is 0 Å². The molecule has 0 bridgehead atoms. The van der Waals surface area contributed by atoms with Crippen LogP contribution in [0.3, 0.4) is 0 Å². The Morgan fingerprint density at radius 2 is 2.17 bits per heavy atom. The number of thioether (sulfide) groups is 1. The minimum atomic E-state index is 0.125. The Bertz CT molecular complexity index is 336. The van der Waals surface area contributed by atoms with Gasteiger partial charge >= 0.3 is 0 Å². The van der Waals surface area contributed by atoms with Crippen LogP contribution in [0.4, 0.5) is 0 Å². The second-order valence-electron chi connectivity index (χ2n) is 5.06. The van der Waals surface area contributed by atoms with Crippen LogP contribution >= 0.6 is 11.8 Å². The quantitative estimate of drug-likeness (QED) is 0.567. The van der Waals surface area contributed by atoms with Gasteiger partial charge in [0.15, 0.2) is 0 Å². The molecule has 0 saturated carbocycles. The fourth-order valence-electron chi connectivity index (χ4n) is 1.34. The van der Waals surface area contributed by atoms with Crippen molar-refractivity contribution in [3.05, 3.63) is 0 Å². The van der Waals surface area contributed by atoms with Crippen molar-refractivity contribution < 1.29 is 4.74 Å². The van der Waals surface area contributed by atoms with E-state index in [0.717, 1.165) is 37.0 Å². The molecular formula is C11H23N5OS. The molecule has 7 heteroatoms. The van der Waals surface area contributed by atoms with Gasteiger partial charge in [-0.05, 0) is 37.6 Å². The molecular weight excluding hydrogens is 250 g/mol. The van der Waals surface area contributed by atoms with Gasteiger partial charge in [0.05, 0.1) is 6.54 Å². The van der Waals surface area contributed by atoms with Gasteiger partial charge in [0, 0.05) is 31.6 Å². The van der Waals surface area contributed by atoms with Gasteiger partial charge in [0.2, 0.25) is 5.16 Å². The molecule has 0 aliphatic rings. The Kier molecular flexibility index (Phi) is 6.59. The van der Waals surface area contributed by atoms with Crippen molar-refractivity contribution in [2.24, 2.45) is 0 Å². The second kappa shape index (κ2) is 7.70. The normalized spacial score (nSPS) is 12.0. The van der Waals surface area contributed by atoms with Crippen LogP contribution in [0, 0.1) is 0 Å². The number of ether oxygens (including phenoxy) is 1. The summed E-state index contributed by atoms with van der Waals surface area (Å²) < 4.78 is 6.86. The molecule has 0 aromatic carbocycles. The summed E-state index contributed by atoms with van der Waals surface area (Å²) in [5.74, 6) is 0.973. The number of nitrogens with one attached hydrogen (secondary N) is 1. The predicted molar refractivity (Wildman–Crippen MR) is 72.8 cm³/mol. The third kappa shape index (κ3) is 6.32. The van der Waals surface area contributed by atoms with Gasteiger partial charge in [-0.2, -0.15) is 0 Å². The number of nitrogens with zero attached hydrogens (tertiary/aromatic N) is 4. The van der Waals surface area contributed by atoms with Crippen molar-refractivity contribution >= 4 is 11.8 Å². The number of hydrogen-bond donors (Lipinski definition) is 1. The van der Waals surface area contributed by atoms with Crippen molar-refractivity contribution in [3.63, 3.8) is 0 Å². The van der Waals surface area contributed by atoms with Crippen LogP contribution in [-0.2, 0) is 11.3 Å². The second-order valence-corrected chi connectivity index (χ2v) is 6.12. The first-order chi connectivity index (χ1) is 8.53. The van der Waals surface area contributed by atoms with E-state index in [0.29, 0.717) is 0 Å². The monoisotopic (exact) mass is 273 g/mol. The van der Waals surface area contributed by atoms with Crippen LogP contribution in [0.1, 0.15) is 27.2 Å². The van der Waals surface area contributed by atoms with Gasteiger partial charge in [-0.3, -0.25) is 0 Å². The first-order valence-corrected chi connectivity index (χ1v) is 7.14. The van der Waals surface area contributed by atoms with E-state index in [1.807, 2.05) is 4.68 Å².